The number of carbonyl (C=O) groups is 7. The lowest BCUT2D eigenvalue weighted by molar-refractivity contribution is -0.353. The van der Waals surface area contributed by atoms with E-state index in [4.69, 9.17) is 38.9 Å². The Hall–Kier alpha value is -7.07. The number of benzene rings is 2. The first kappa shape index (κ1) is 100. The molecule has 544 valence electrons. The summed E-state index contributed by atoms with van der Waals surface area (Å²) in [5.41, 5.74) is 8.50. The molecular formula is C53H87F6N5O24PS5+. The number of quaternary nitrogens is 2. The highest BCUT2D eigenvalue weighted by molar-refractivity contribution is 7.97. The third kappa shape index (κ3) is 87.0. The molecule has 2 aromatic carbocycles. The number of carboxylic acids is 3. The van der Waals surface area contributed by atoms with Gasteiger partial charge in [-0.1, -0.05) is 47.5 Å². The topological polar surface area (TPSA) is 490 Å². The third-order valence-corrected chi connectivity index (χ3v) is 14.8. The number of aldehydes is 1. The number of aryl methyl sites for hydroxylation is 2. The van der Waals surface area contributed by atoms with E-state index in [9.17, 15) is 97.0 Å². The molecule has 1 atom stereocenters. The van der Waals surface area contributed by atoms with E-state index < -0.39 is 110 Å². The third-order valence-electron chi connectivity index (χ3n) is 7.54. The number of hydrogen-bond acceptors (Lipinski definition) is 22. The molecule has 3 amide bonds. The van der Waals surface area contributed by atoms with Crippen molar-refractivity contribution < 1.29 is 147 Å². The lowest BCUT2D eigenvalue weighted by Gasteiger charge is -2.19. The fraction of sp³-hybridized carbons (Fsp3) is 0.491. The summed E-state index contributed by atoms with van der Waals surface area (Å²) in [5, 5.41) is 36.1. The molecule has 0 radical (unpaired) electrons. The van der Waals surface area contributed by atoms with Crippen LogP contribution in [0.3, 0.4) is 0 Å². The maximum atomic E-state index is 11.6. The van der Waals surface area contributed by atoms with Crippen LogP contribution in [0.1, 0.15) is 80.3 Å². The lowest BCUT2D eigenvalue weighted by Crippen LogP contribution is -2.49. The summed E-state index contributed by atoms with van der Waals surface area (Å²) in [6.45, 7) is 19.0. The Bertz CT molecular complexity index is 3320. The number of carboxylic acid groups (broad SMARTS) is 3. The maximum Gasteiger partial charge on any atom is 0.490 e. The monoisotopic (exact) mass is 1480 g/mol. The summed E-state index contributed by atoms with van der Waals surface area (Å²) in [6.07, 6.45) is 0.489. The number of halogens is 6. The van der Waals surface area contributed by atoms with E-state index >= 15 is 0 Å². The van der Waals surface area contributed by atoms with Crippen molar-refractivity contribution in [3.8, 4) is 0 Å². The number of alkyl carbamates (subject to hydrolysis) is 2. The molecule has 0 saturated carbocycles. The molecule has 0 aliphatic rings. The van der Waals surface area contributed by atoms with Gasteiger partial charge in [-0.25, -0.2) is 61.3 Å². The van der Waals surface area contributed by atoms with Gasteiger partial charge in [-0.05, 0) is 98.7 Å². The quantitative estimate of drug-likeness (QED) is 0.0640. The number of sulfone groups is 5. The molecule has 0 saturated heterocycles. The molecular weight excluding hydrogens is 1400 g/mol. The second-order valence-electron chi connectivity index (χ2n) is 20.1. The van der Waals surface area contributed by atoms with E-state index in [1.54, 1.807) is 84.9 Å². The molecule has 1 unspecified atom stereocenters. The maximum absolute atomic E-state index is 11.6. The van der Waals surface area contributed by atoms with E-state index in [1.807, 2.05) is 26.0 Å². The lowest BCUT2D eigenvalue weighted by atomic mass is 10.1. The molecule has 41 heteroatoms. The molecule has 29 nitrogen and oxygen atoms in total. The number of ether oxygens (including phenoxy) is 2. The Morgan fingerprint density at radius 2 is 0.840 bits per heavy atom. The molecule has 2 rings (SSSR count). The van der Waals surface area contributed by atoms with E-state index in [-0.39, 0.29) is 37.6 Å². The summed E-state index contributed by atoms with van der Waals surface area (Å²) in [5.74, 6) is -6.86. The van der Waals surface area contributed by atoms with Crippen molar-refractivity contribution in [1.82, 2.24) is 16.0 Å². The SMILES string of the molecule is CC(C)(C)OC(=O)NC/C=C/S(C)(=O)=O.CC(C)(C)OC(=O)NCC=O.CCOP(C)(=O)CS(C)(=O)=O.CS(=O)(=O)/C=C/C[NH3+].CS(=O)(=O)/C=C/C[NH3+].Cc1ccc(C(=O)NC/C=C/S(C)(=O)=O)cc1.Cc1ccc(C(=O)O)cc1.O=C(O)C(F)(F)F.O=C([O-])C(F)(F)F. The second-order valence-corrected chi connectivity index (χ2v) is 33.0. The van der Waals surface area contributed by atoms with Crippen molar-refractivity contribution in [3.63, 3.8) is 0 Å². The Morgan fingerprint density at radius 3 is 1.06 bits per heavy atom. The highest BCUT2D eigenvalue weighted by Gasteiger charge is 2.38. The van der Waals surface area contributed by atoms with Crippen molar-refractivity contribution in [2.75, 3.05) is 82.8 Å². The number of aromatic carboxylic acids is 1. The van der Waals surface area contributed by atoms with Crippen molar-refractivity contribution in [3.05, 3.63) is 117 Å². The van der Waals surface area contributed by atoms with Crippen LogP contribution in [0.5, 0.6) is 0 Å². The van der Waals surface area contributed by atoms with E-state index in [1.165, 1.54) is 31.0 Å². The van der Waals surface area contributed by atoms with Gasteiger partial charge in [0.25, 0.3) is 5.91 Å². The van der Waals surface area contributed by atoms with Crippen molar-refractivity contribution >= 4 is 98.8 Å². The number of nitrogens with one attached hydrogen (secondary N) is 3. The van der Waals surface area contributed by atoms with Gasteiger partial charge < -0.3 is 66.3 Å². The number of carbonyl (C=O) groups excluding carboxylic acids is 5. The molecule has 0 heterocycles. The minimum absolute atomic E-state index is 0.00505. The average molecular weight is 1480 g/mol. The van der Waals surface area contributed by atoms with Crippen LogP contribution in [-0.4, -0.2) is 201 Å². The van der Waals surface area contributed by atoms with Gasteiger partial charge in [-0.2, -0.15) is 26.3 Å². The van der Waals surface area contributed by atoms with Gasteiger partial charge in [-0.3, -0.25) is 9.36 Å². The van der Waals surface area contributed by atoms with Crippen LogP contribution in [0.25, 0.3) is 0 Å². The van der Waals surface area contributed by atoms with Gasteiger partial charge in [0, 0.05) is 78.2 Å². The van der Waals surface area contributed by atoms with Gasteiger partial charge >= 0.3 is 36.5 Å². The van der Waals surface area contributed by atoms with E-state index in [0.717, 1.165) is 64.0 Å². The first-order valence-electron chi connectivity index (χ1n) is 26.0. The van der Waals surface area contributed by atoms with Crippen molar-refractivity contribution in [2.45, 2.75) is 85.9 Å². The normalized spacial score (nSPS) is 12.3. The smallest absolute Gasteiger partial charge is 0.490 e. The summed E-state index contributed by atoms with van der Waals surface area (Å²) in [6, 6.07) is 13.9. The Morgan fingerprint density at radius 1 is 0.553 bits per heavy atom. The molecule has 94 heavy (non-hydrogen) atoms. The van der Waals surface area contributed by atoms with Crippen LogP contribution >= 0.6 is 7.37 Å². The second kappa shape index (κ2) is 48.6. The minimum atomic E-state index is -5.19. The summed E-state index contributed by atoms with van der Waals surface area (Å²) in [7, 11) is -18.2. The van der Waals surface area contributed by atoms with Gasteiger partial charge in [0.05, 0.1) is 31.8 Å². The zero-order chi connectivity index (χ0) is 76.0. The van der Waals surface area contributed by atoms with Gasteiger partial charge in [0.1, 0.15) is 29.0 Å². The van der Waals surface area contributed by atoms with E-state index in [2.05, 4.69) is 27.4 Å². The fourth-order valence-electron chi connectivity index (χ4n) is 4.22. The average Bonchev–Trinajstić information content (AvgIpc) is 1.53. The largest absolute Gasteiger partial charge is 0.542 e. The Labute approximate surface area is 544 Å². The Balaban J connectivity index is -0.000000184. The molecule has 2 aromatic rings. The van der Waals surface area contributed by atoms with Gasteiger partial charge in [0.15, 0.2) is 49.2 Å². The summed E-state index contributed by atoms with van der Waals surface area (Å²) < 4.78 is 194. The minimum Gasteiger partial charge on any atom is -0.542 e. The number of aliphatic carboxylic acids is 2. The number of hydrogen-bond donors (Lipinski definition) is 7. The van der Waals surface area contributed by atoms with Crippen LogP contribution in [0.4, 0.5) is 35.9 Å². The molecule has 0 bridgehead atoms. The predicted molar refractivity (Wildman–Crippen MR) is 337 cm³/mol. The zero-order valence-electron chi connectivity index (χ0n) is 54.3. The first-order chi connectivity index (χ1) is 41.9. The standard InChI is InChI=1S/C12H15NO3S.C9H17NO4S.C8H8O2.C7H13NO3.C5H13O4PS.2C4H9NO2S.2C2HF3O2/c1-10-4-6-11(7-5-10)12(14)13-8-3-9-17(2,15)16;1-9(2,3)14-8(11)10-6-5-7-15(4,12)13;1-6-2-4-7(5-3-6)8(9)10;1-7(2,3)11-6(10)8-4-5-9;1-4-9-10(2,6)5-11(3,7)8;2*1-8(6,7)4-2-3-5;2*3-2(4,5)1(6)7/h3-7,9H,8H2,1-2H3,(H,13,14);5,7H,6H2,1-4H3,(H,10,11);2-5H,1H3,(H,9,10);5H,4H2,1-3H3,(H,8,10);4-5H2,1-3H3;2*2,4H,3,5H2,1H3;2*(H,6,7)/p+1/b9-3+;7-5+;;;;2*4-2+;;. The number of alkyl halides is 6. The van der Waals surface area contributed by atoms with Crippen LogP contribution in [0.2, 0.25) is 0 Å². The highest BCUT2D eigenvalue weighted by Crippen LogP contribution is 2.43. The molecule has 0 aliphatic carbocycles. The van der Waals surface area contributed by atoms with Crippen LogP contribution in [0.15, 0.2) is 94.5 Å². The molecule has 0 spiro atoms. The predicted octanol–water partition coefficient (Wildman–Crippen LogP) is 3.19. The molecule has 11 N–H and O–H groups in total. The molecule has 0 fully saturated rings. The van der Waals surface area contributed by atoms with Crippen LogP contribution in [-0.2, 0) is 82.1 Å². The fourth-order valence-corrected chi connectivity index (χ4v) is 10.3. The molecule has 0 aromatic heterocycles. The van der Waals surface area contributed by atoms with Crippen LogP contribution in [0, 0.1) is 13.8 Å². The summed E-state index contributed by atoms with van der Waals surface area (Å²) in [4.78, 5) is 71.2. The highest BCUT2D eigenvalue weighted by atomic mass is 32.2. The van der Waals surface area contributed by atoms with E-state index in [0.29, 0.717) is 30.5 Å². The number of amides is 3. The van der Waals surface area contributed by atoms with Crippen molar-refractivity contribution in [1.29, 1.82) is 0 Å². The zero-order valence-corrected chi connectivity index (χ0v) is 59.3. The molecule has 0 aliphatic heterocycles. The van der Waals surface area contributed by atoms with Gasteiger partial charge in [0.2, 0.25) is 7.37 Å². The summed E-state index contributed by atoms with van der Waals surface area (Å²) >= 11 is 0. The van der Waals surface area contributed by atoms with Gasteiger partial charge in [-0.15, -0.1) is 0 Å². The Kier molecular flexibility index (Phi) is 51.9. The number of rotatable bonds is 18. The van der Waals surface area contributed by atoms with Crippen LogP contribution < -0.4 is 32.5 Å². The van der Waals surface area contributed by atoms with Crippen molar-refractivity contribution in [2.24, 2.45) is 0 Å². The first-order valence-corrected chi connectivity index (χ1v) is 38.1.